The zero-order valence-electron chi connectivity index (χ0n) is 15.2. The van der Waals surface area contributed by atoms with Gasteiger partial charge in [-0.05, 0) is 47.7 Å². The van der Waals surface area contributed by atoms with Crippen molar-refractivity contribution in [2.75, 3.05) is 24.3 Å². The van der Waals surface area contributed by atoms with Gasteiger partial charge in [0.05, 0.1) is 0 Å². The number of hydrogen-bond donors (Lipinski definition) is 2. The molecular weight excluding hydrogens is 356 g/mol. The highest BCUT2D eigenvalue weighted by atomic mass is 16.3. The zero-order chi connectivity index (χ0) is 19.5. The molecule has 9 heteroatoms. The Bertz CT molecular complexity index is 1170. The first-order chi connectivity index (χ1) is 13.6. The van der Waals surface area contributed by atoms with Crippen LogP contribution in [0.25, 0.3) is 28.1 Å². The second-order valence-electron chi connectivity index (χ2n) is 6.19. The van der Waals surface area contributed by atoms with Crippen molar-refractivity contribution in [3.63, 3.8) is 0 Å². The number of anilines is 2. The van der Waals surface area contributed by atoms with Crippen molar-refractivity contribution in [2.45, 2.75) is 0 Å². The van der Waals surface area contributed by atoms with Gasteiger partial charge >= 0.3 is 0 Å². The van der Waals surface area contributed by atoms with E-state index in [-0.39, 0.29) is 11.4 Å². The molecule has 0 fully saturated rings. The Hall–Kier alpha value is -4.19. The Balaban J connectivity index is 1.59. The highest BCUT2D eigenvalue weighted by Crippen LogP contribution is 2.27. The van der Waals surface area contributed by atoms with E-state index in [9.17, 15) is 5.26 Å². The molecule has 4 rings (SSSR count). The Labute approximate surface area is 160 Å². The second-order valence-corrected chi connectivity index (χ2v) is 6.19. The van der Waals surface area contributed by atoms with Gasteiger partial charge in [0.2, 0.25) is 11.7 Å². The third-order valence-electron chi connectivity index (χ3n) is 4.11. The van der Waals surface area contributed by atoms with E-state index in [4.69, 9.17) is 4.42 Å². The maximum Gasteiger partial charge on any atom is 0.227 e. The molecule has 0 unspecified atom stereocenters. The smallest absolute Gasteiger partial charge is 0.227 e. The molecule has 2 aromatic carbocycles. The molecule has 0 amide bonds. The zero-order valence-corrected chi connectivity index (χ0v) is 15.2. The number of aromatic nitrogens is 5. The summed E-state index contributed by atoms with van der Waals surface area (Å²) in [5.74, 6) is 0.776. The molecule has 0 bridgehead atoms. The molecule has 0 saturated heterocycles. The van der Waals surface area contributed by atoms with E-state index in [1.807, 2.05) is 67.5 Å². The molecule has 4 aromatic rings. The van der Waals surface area contributed by atoms with Gasteiger partial charge in [0.25, 0.3) is 0 Å². The minimum absolute atomic E-state index is 0.223. The topological polar surface area (TPSA) is 120 Å². The molecule has 9 nitrogen and oxygen atoms in total. The first kappa shape index (κ1) is 17.2. The van der Waals surface area contributed by atoms with E-state index in [1.165, 1.54) is 6.20 Å². The van der Waals surface area contributed by atoms with E-state index in [2.05, 4.69) is 30.9 Å². The minimum atomic E-state index is 0.223. The summed E-state index contributed by atoms with van der Waals surface area (Å²) < 4.78 is 5.86. The average molecular weight is 372 g/mol. The molecule has 0 spiro atoms. The van der Waals surface area contributed by atoms with Crippen LogP contribution in [0.3, 0.4) is 0 Å². The summed E-state index contributed by atoms with van der Waals surface area (Å²) in [4.78, 5) is 6.60. The van der Waals surface area contributed by atoms with E-state index in [1.54, 1.807) is 0 Å². The van der Waals surface area contributed by atoms with Crippen LogP contribution >= 0.6 is 0 Å². The third kappa shape index (κ3) is 3.39. The predicted molar refractivity (Wildman–Crippen MR) is 105 cm³/mol. The van der Waals surface area contributed by atoms with Gasteiger partial charge in [-0.2, -0.15) is 10.5 Å². The second kappa shape index (κ2) is 7.20. The van der Waals surface area contributed by atoms with Gasteiger partial charge in [-0.25, -0.2) is 4.98 Å². The number of nitrogens with one attached hydrogen (secondary N) is 2. The van der Waals surface area contributed by atoms with Crippen LogP contribution in [0.2, 0.25) is 0 Å². The van der Waals surface area contributed by atoms with Crippen LogP contribution in [0.1, 0.15) is 5.82 Å². The van der Waals surface area contributed by atoms with Crippen molar-refractivity contribution < 1.29 is 4.42 Å². The Morgan fingerprint density at radius 2 is 2.04 bits per heavy atom. The summed E-state index contributed by atoms with van der Waals surface area (Å²) in [5.41, 5.74) is 4.42. The molecule has 28 heavy (non-hydrogen) atoms. The SMILES string of the molecule is CN(C)c1ccc(-c2nc3cc(NC=C(C#N)c4nn[nH]n4)ccc3o2)cc1. The van der Waals surface area contributed by atoms with Crippen LogP contribution in [-0.4, -0.2) is 39.7 Å². The standard InChI is InChI=1S/C19H16N8O/c1-27(2)15-6-3-12(4-7-15)19-22-16-9-14(5-8-17(16)28-19)21-11-13(10-20)18-23-25-26-24-18/h3-9,11,21H,1-2H3,(H,23,24,25,26). The van der Waals surface area contributed by atoms with E-state index in [0.717, 1.165) is 16.9 Å². The molecule has 138 valence electrons. The summed E-state index contributed by atoms with van der Waals surface area (Å²) in [5, 5.41) is 25.6. The van der Waals surface area contributed by atoms with Gasteiger partial charge in [0, 0.05) is 37.2 Å². The van der Waals surface area contributed by atoms with Gasteiger partial charge in [-0.3, -0.25) is 0 Å². The predicted octanol–water partition coefficient (Wildman–Crippen LogP) is 3.05. The lowest BCUT2D eigenvalue weighted by Gasteiger charge is -2.11. The van der Waals surface area contributed by atoms with Crippen LogP contribution < -0.4 is 10.2 Å². The lowest BCUT2D eigenvalue weighted by atomic mass is 10.2. The number of rotatable bonds is 5. The summed E-state index contributed by atoms with van der Waals surface area (Å²) in [7, 11) is 3.99. The van der Waals surface area contributed by atoms with Crippen LogP contribution in [0, 0.1) is 11.3 Å². The number of nitrogens with zero attached hydrogens (tertiary/aromatic N) is 6. The van der Waals surface area contributed by atoms with Crippen LogP contribution in [0.5, 0.6) is 0 Å². The van der Waals surface area contributed by atoms with Gasteiger partial charge in [0.15, 0.2) is 5.58 Å². The fourth-order valence-electron chi connectivity index (χ4n) is 2.62. The summed E-state index contributed by atoms with van der Waals surface area (Å²) >= 11 is 0. The van der Waals surface area contributed by atoms with Crippen molar-refractivity contribution in [3.8, 4) is 17.5 Å². The summed E-state index contributed by atoms with van der Waals surface area (Å²) in [6.45, 7) is 0. The van der Waals surface area contributed by atoms with Gasteiger partial charge in [0.1, 0.15) is 17.2 Å². The molecular formula is C19H16N8O. The summed E-state index contributed by atoms with van der Waals surface area (Å²) in [6.07, 6.45) is 1.52. The summed E-state index contributed by atoms with van der Waals surface area (Å²) in [6, 6.07) is 15.5. The Morgan fingerprint density at radius 1 is 1.21 bits per heavy atom. The van der Waals surface area contributed by atoms with E-state index in [0.29, 0.717) is 17.0 Å². The molecule has 2 heterocycles. The number of tetrazole rings is 1. The molecule has 2 N–H and O–H groups in total. The number of allylic oxidation sites excluding steroid dienone is 1. The fraction of sp³-hybridized carbons (Fsp3) is 0.105. The molecule has 0 aliphatic carbocycles. The molecule has 2 aromatic heterocycles. The monoisotopic (exact) mass is 372 g/mol. The number of nitriles is 1. The van der Waals surface area contributed by atoms with Crippen LogP contribution in [0.4, 0.5) is 11.4 Å². The third-order valence-corrected chi connectivity index (χ3v) is 4.11. The minimum Gasteiger partial charge on any atom is -0.436 e. The van der Waals surface area contributed by atoms with E-state index < -0.39 is 0 Å². The Morgan fingerprint density at radius 3 is 2.71 bits per heavy atom. The first-order valence-corrected chi connectivity index (χ1v) is 8.43. The van der Waals surface area contributed by atoms with Crippen molar-refractivity contribution in [1.82, 2.24) is 25.6 Å². The van der Waals surface area contributed by atoms with Gasteiger partial charge in [-0.1, -0.05) is 0 Å². The van der Waals surface area contributed by atoms with Gasteiger partial charge < -0.3 is 14.6 Å². The fourth-order valence-corrected chi connectivity index (χ4v) is 2.62. The largest absolute Gasteiger partial charge is 0.436 e. The van der Waals surface area contributed by atoms with Gasteiger partial charge in [-0.15, -0.1) is 10.2 Å². The number of aromatic amines is 1. The van der Waals surface area contributed by atoms with E-state index >= 15 is 0 Å². The Kier molecular flexibility index (Phi) is 4.43. The maximum atomic E-state index is 9.22. The molecule has 0 aliphatic rings. The maximum absolute atomic E-state index is 9.22. The number of fused-ring (bicyclic) bond motifs is 1. The quantitative estimate of drug-likeness (QED) is 0.513. The molecule has 0 aliphatic heterocycles. The number of H-pyrrole nitrogens is 1. The van der Waals surface area contributed by atoms with Crippen molar-refractivity contribution in [1.29, 1.82) is 5.26 Å². The van der Waals surface area contributed by atoms with Crippen LogP contribution in [-0.2, 0) is 0 Å². The van der Waals surface area contributed by atoms with Crippen LogP contribution in [0.15, 0.2) is 53.1 Å². The van der Waals surface area contributed by atoms with Crippen molar-refractivity contribution >= 4 is 28.0 Å². The highest BCUT2D eigenvalue weighted by Gasteiger charge is 2.10. The molecule has 0 atom stereocenters. The van der Waals surface area contributed by atoms with Crippen molar-refractivity contribution in [2.24, 2.45) is 0 Å². The lowest BCUT2D eigenvalue weighted by molar-refractivity contribution is 0.620. The van der Waals surface area contributed by atoms with Crippen molar-refractivity contribution in [3.05, 3.63) is 54.5 Å². The number of hydrogen-bond acceptors (Lipinski definition) is 8. The molecule has 0 radical (unpaired) electrons. The average Bonchev–Trinajstić information content (AvgIpc) is 3.38. The highest BCUT2D eigenvalue weighted by molar-refractivity contribution is 5.81. The number of benzene rings is 2. The number of oxazole rings is 1. The lowest BCUT2D eigenvalue weighted by Crippen LogP contribution is -2.07. The first-order valence-electron chi connectivity index (χ1n) is 8.43. The molecule has 0 saturated carbocycles. The normalized spacial score (nSPS) is 11.4.